The second-order valence-corrected chi connectivity index (χ2v) is 6.54. The molecule has 2 aromatic carbocycles. The van der Waals surface area contributed by atoms with Crippen LogP contribution in [-0.4, -0.2) is 0 Å². The van der Waals surface area contributed by atoms with Crippen molar-refractivity contribution in [1.29, 1.82) is 0 Å². The summed E-state index contributed by atoms with van der Waals surface area (Å²) in [5, 5.41) is 2.71. The Morgan fingerprint density at radius 1 is 0.857 bits per heavy atom. The van der Waals surface area contributed by atoms with Crippen molar-refractivity contribution in [2.45, 2.75) is 6.92 Å². The SMILES string of the molecule is Cc1ccccc1-c1cc2c(c[n+]1C)sc1ccccc12. The largest absolute Gasteiger partial charge is 0.213 e. The highest BCUT2D eigenvalue weighted by Crippen LogP contribution is 2.34. The van der Waals surface area contributed by atoms with Gasteiger partial charge in [-0.15, -0.1) is 11.3 Å². The molecule has 0 unspecified atom stereocenters. The normalized spacial score (nSPS) is 11.3. The van der Waals surface area contributed by atoms with E-state index < -0.39 is 0 Å². The highest BCUT2D eigenvalue weighted by molar-refractivity contribution is 7.25. The predicted molar refractivity (Wildman–Crippen MR) is 90.7 cm³/mol. The van der Waals surface area contributed by atoms with E-state index in [1.54, 1.807) is 0 Å². The Kier molecular flexibility index (Phi) is 2.79. The Morgan fingerprint density at radius 2 is 1.62 bits per heavy atom. The zero-order valence-corrected chi connectivity index (χ0v) is 12.9. The van der Waals surface area contributed by atoms with Crippen molar-refractivity contribution < 1.29 is 4.57 Å². The number of hydrogen-bond acceptors (Lipinski definition) is 1. The van der Waals surface area contributed by atoms with E-state index in [0.717, 1.165) is 0 Å². The lowest BCUT2D eigenvalue weighted by Gasteiger charge is -2.04. The van der Waals surface area contributed by atoms with E-state index in [2.05, 4.69) is 79.3 Å². The molecule has 102 valence electrons. The maximum absolute atomic E-state index is 2.33. The Labute approximate surface area is 128 Å². The van der Waals surface area contributed by atoms with Crippen molar-refractivity contribution in [2.75, 3.05) is 0 Å². The maximum Gasteiger partial charge on any atom is 0.213 e. The van der Waals surface area contributed by atoms with Crippen LogP contribution in [0.25, 0.3) is 31.4 Å². The van der Waals surface area contributed by atoms with Gasteiger partial charge in [-0.1, -0.05) is 36.4 Å². The van der Waals surface area contributed by atoms with E-state index in [9.17, 15) is 0 Å². The minimum absolute atomic E-state index is 1.27. The summed E-state index contributed by atoms with van der Waals surface area (Å²) in [7, 11) is 2.13. The quantitative estimate of drug-likeness (QED) is 0.441. The molecule has 2 heteroatoms. The molecule has 0 radical (unpaired) electrons. The molecule has 0 N–H and O–H groups in total. The number of aryl methyl sites for hydroxylation is 2. The fourth-order valence-corrected chi connectivity index (χ4v) is 4.10. The van der Waals surface area contributed by atoms with Crippen molar-refractivity contribution >= 4 is 31.5 Å². The molecule has 0 aliphatic carbocycles. The molecular formula is C19H16NS+. The third-order valence-electron chi connectivity index (χ3n) is 4.06. The molecule has 1 nitrogen and oxygen atoms in total. The van der Waals surface area contributed by atoms with Crippen LogP contribution in [0, 0.1) is 6.92 Å². The first-order chi connectivity index (χ1) is 10.2. The summed E-state index contributed by atoms with van der Waals surface area (Å²) < 4.78 is 4.94. The van der Waals surface area contributed by atoms with E-state index >= 15 is 0 Å². The molecule has 2 heterocycles. The molecule has 0 spiro atoms. The molecule has 0 aliphatic rings. The van der Waals surface area contributed by atoms with E-state index in [1.165, 1.54) is 37.0 Å². The van der Waals surface area contributed by atoms with Crippen LogP contribution in [0.1, 0.15) is 5.56 Å². The minimum Gasteiger partial charge on any atom is -0.200 e. The second-order valence-electron chi connectivity index (χ2n) is 5.46. The molecule has 2 aromatic heterocycles. The zero-order valence-electron chi connectivity index (χ0n) is 12.1. The van der Waals surface area contributed by atoms with Gasteiger partial charge in [0.15, 0.2) is 6.20 Å². The Bertz CT molecular complexity index is 966. The summed E-state index contributed by atoms with van der Waals surface area (Å²) >= 11 is 1.86. The van der Waals surface area contributed by atoms with Crippen LogP contribution in [-0.2, 0) is 7.05 Å². The van der Waals surface area contributed by atoms with E-state index in [4.69, 9.17) is 0 Å². The molecule has 0 atom stereocenters. The van der Waals surface area contributed by atoms with E-state index in [0.29, 0.717) is 0 Å². The van der Waals surface area contributed by atoms with Gasteiger partial charge in [0.1, 0.15) is 7.05 Å². The van der Waals surface area contributed by atoms with Crippen LogP contribution in [0.3, 0.4) is 0 Å². The lowest BCUT2D eigenvalue weighted by atomic mass is 10.0. The molecule has 21 heavy (non-hydrogen) atoms. The lowest BCUT2D eigenvalue weighted by Crippen LogP contribution is -2.30. The first-order valence-corrected chi connectivity index (χ1v) is 7.92. The van der Waals surface area contributed by atoms with Gasteiger partial charge in [0.25, 0.3) is 0 Å². The maximum atomic E-state index is 2.33. The van der Waals surface area contributed by atoms with E-state index in [-0.39, 0.29) is 0 Å². The predicted octanol–water partition coefficient (Wildman–Crippen LogP) is 4.85. The van der Waals surface area contributed by atoms with Crippen molar-refractivity contribution in [3.8, 4) is 11.3 Å². The van der Waals surface area contributed by atoms with Crippen molar-refractivity contribution in [3.63, 3.8) is 0 Å². The fourth-order valence-electron chi connectivity index (χ4n) is 2.94. The molecule has 4 rings (SSSR count). The smallest absolute Gasteiger partial charge is 0.200 e. The van der Waals surface area contributed by atoms with Gasteiger partial charge in [0, 0.05) is 27.1 Å². The number of pyridine rings is 1. The van der Waals surface area contributed by atoms with Gasteiger partial charge < -0.3 is 0 Å². The molecule has 0 bridgehead atoms. The van der Waals surface area contributed by atoms with Gasteiger partial charge in [-0.3, -0.25) is 0 Å². The van der Waals surface area contributed by atoms with Gasteiger partial charge in [-0.25, -0.2) is 0 Å². The highest BCUT2D eigenvalue weighted by Gasteiger charge is 2.16. The number of rotatable bonds is 1. The topological polar surface area (TPSA) is 3.88 Å². The average molecular weight is 290 g/mol. The molecular weight excluding hydrogens is 274 g/mol. The first kappa shape index (κ1) is 12.5. The van der Waals surface area contributed by atoms with Crippen LogP contribution in [0.4, 0.5) is 0 Å². The molecule has 0 fully saturated rings. The second kappa shape index (κ2) is 4.68. The molecule has 0 amide bonds. The average Bonchev–Trinajstić information content (AvgIpc) is 2.84. The van der Waals surface area contributed by atoms with Crippen molar-refractivity contribution in [1.82, 2.24) is 0 Å². The van der Waals surface area contributed by atoms with Crippen LogP contribution < -0.4 is 4.57 Å². The van der Waals surface area contributed by atoms with Crippen LogP contribution >= 0.6 is 11.3 Å². The third kappa shape index (κ3) is 1.95. The number of aromatic nitrogens is 1. The van der Waals surface area contributed by atoms with Gasteiger partial charge in [0.05, 0.1) is 4.70 Å². The Morgan fingerprint density at radius 3 is 2.48 bits per heavy atom. The fraction of sp³-hybridized carbons (Fsp3) is 0.105. The van der Waals surface area contributed by atoms with Gasteiger partial charge in [-0.05, 0) is 24.6 Å². The number of benzene rings is 2. The summed E-state index contributed by atoms with van der Waals surface area (Å²) in [6.07, 6.45) is 2.25. The minimum atomic E-state index is 1.27. The van der Waals surface area contributed by atoms with Gasteiger partial charge >= 0.3 is 0 Å². The molecule has 0 aliphatic heterocycles. The molecule has 4 aromatic rings. The highest BCUT2D eigenvalue weighted by atomic mass is 32.1. The lowest BCUT2D eigenvalue weighted by molar-refractivity contribution is -0.658. The number of thiophene rings is 1. The van der Waals surface area contributed by atoms with Crippen molar-refractivity contribution in [3.05, 3.63) is 66.4 Å². The standard InChI is InChI=1S/C19H16NS/c1-13-7-3-4-8-14(13)17-11-16-15-9-5-6-10-18(15)21-19(16)12-20(17)2/h3-12H,1-2H3/q+1. The summed E-state index contributed by atoms with van der Waals surface area (Å²) in [5.74, 6) is 0. The molecule has 0 saturated heterocycles. The summed E-state index contributed by atoms with van der Waals surface area (Å²) in [5.41, 5.74) is 3.88. The van der Waals surface area contributed by atoms with Crippen molar-refractivity contribution in [2.24, 2.45) is 7.05 Å². The summed E-state index contributed by atoms with van der Waals surface area (Å²) in [6.45, 7) is 2.17. The zero-order chi connectivity index (χ0) is 14.4. The number of fused-ring (bicyclic) bond motifs is 3. The van der Waals surface area contributed by atoms with Gasteiger partial charge in [-0.2, -0.15) is 4.57 Å². The molecule has 0 saturated carbocycles. The van der Waals surface area contributed by atoms with Crippen LogP contribution in [0.5, 0.6) is 0 Å². The number of nitrogens with zero attached hydrogens (tertiary/aromatic N) is 1. The summed E-state index contributed by atoms with van der Waals surface area (Å²) in [4.78, 5) is 0. The number of hydrogen-bond donors (Lipinski definition) is 0. The monoisotopic (exact) mass is 290 g/mol. The Balaban J connectivity index is 2.08. The van der Waals surface area contributed by atoms with E-state index in [1.807, 2.05) is 11.3 Å². The van der Waals surface area contributed by atoms with Gasteiger partial charge in [0.2, 0.25) is 5.69 Å². The third-order valence-corrected chi connectivity index (χ3v) is 5.18. The van der Waals surface area contributed by atoms with Crippen LogP contribution in [0.15, 0.2) is 60.8 Å². The Hall–Kier alpha value is -2.19. The van der Waals surface area contributed by atoms with Crippen LogP contribution in [0.2, 0.25) is 0 Å². The summed E-state index contributed by atoms with van der Waals surface area (Å²) in [6, 6.07) is 19.6. The first-order valence-electron chi connectivity index (χ1n) is 7.11.